The molecule has 1 aromatic rings. The van der Waals surface area contributed by atoms with Crippen molar-refractivity contribution in [1.82, 2.24) is 0 Å². The SMILES string of the molecule is CN1C(=O)C(C)(C)Oc2c1cc(S(C)(=O)=O)cc2C(C)(C)C. The fourth-order valence-electron chi connectivity index (χ4n) is 2.53. The van der Waals surface area contributed by atoms with E-state index in [4.69, 9.17) is 4.74 Å². The lowest BCUT2D eigenvalue weighted by Crippen LogP contribution is -2.51. The summed E-state index contributed by atoms with van der Waals surface area (Å²) in [5.74, 6) is 0.373. The van der Waals surface area contributed by atoms with Crippen molar-refractivity contribution in [3.05, 3.63) is 17.7 Å². The van der Waals surface area contributed by atoms with Crippen molar-refractivity contribution in [2.24, 2.45) is 0 Å². The highest BCUT2D eigenvalue weighted by Crippen LogP contribution is 2.45. The number of sulfone groups is 1. The molecule has 5 nitrogen and oxygen atoms in total. The second kappa shape index (κ2) is 4.72. The van der Waals surface area contributed by atoms with E-state index in [0.717, 1.165) is 11.8 Å². The molecule has 1 aliphatic rings. The molecule has 1 aliphatic heterocycles. The molecule has 0 saturated heterocycles. The number of benzene rings is 1. The number of likely N-dealkylation sites (N-methyl/N-ethyl adjacent to an activating group) is 1. The summed E-state index contributed by atoms with van der Waals surface area (Å²) in [7, 11) is -1.74. The summed E-state index contributed by atoms with van der Waals surface area (Å²) in [5.41, 5.74) is -0.0220. The lowest BCUT2D eigenvalue weighted by Gasteiger charge is -2.39. The van der Waals surface area contributed by atoms with Crippen molar-refractivity contribution in [3.8, 4) is 5.75 Å². The van der Waals surface area contributed by atoms with E-state index in [1.807, 2.05) is 20.8 Å². The summed E-state index contributed by atoms with van der Waals surface area (Å²) < 4.78 is 29.9. The smallest absolute Gasteiger partial charge is 0.270 e. The van der Waals surface area contributed by atoms with Crippen LogP contribution in [0, 0.1) is 0 Å². The van der Waals surface area contributed by atoms with Gasteiger partial charge >= 0.3 is 0 Å². The minimum Gasteiger partial charge on any atom is -0.476 e. The maximum atomic E-state index is 12.4. The molecular weight excluding hydrogens is 302 g/mol. The fourth-order valence-corrected chi connectivity index (χ4v) is 3.19. The van der Waals surface area contributed by atoms with Gasteiger partial charge in [0.2, 0.25) is 0 Å². The highest BCUT2D eigenvalue weighted by atomic mass is 32.2. The van der Waals surface area contributed by atoms with Crippen LogP contribution in [0.15, 0.2) is 17.0 Å². The molecule has 0 atom stereocenters. The zero-order chi connectivity index (χ0) is 17.1. The molecule has 0 aliphatic carbocycles. The van der Waals surface area contributed by atoms with Crippen LogP contribution in [0.1, 0.15) is 40.2 Å². The van der Waals surface area contributed by atoms with E-state index in [0.29, 0.717) is 11.4 Å². The zero-order valence-electron chi connectivity index (χ0n) is 14.1. The molecule has 1 heterocycles. The van der Waals surface area contributed by atoms with E-state index in [2.05, 4.69) is 0 Å². The summed E-state index contributed by atoms with van der Waals surface area (Å²) in [6.45, 7) is 9.39. The van der Waals surface area contributed by atoms with Crippen LogP contribution < -0.4 is 9.64 Å². The Labute approximate surface area is 132 Å². The van der Waals surface area contributed by atoms with Gasteiger partial charge in [0, 0.05) is 18.9 Å². The van der Waals surface area contributed by atoms with Gasteiger partial charge in [0.05, 0.1) is 10.6 Å². The first-order valence-corrected chi connectivity index (χ1v) is 9.00. The van der Waals surface area contributed by atoms with Crippen molar-refractivity contribution >= 4 is 21.4 Å². The molecular formula is C16H23NO4S. The van der Waals surface area contributed by atoms with Crippen LogP contribution in [0.3, 0.4) is 0 Å². The highest BCUT2D eigenvalue weighted by molar-refractivity contribution is 7.90. The Morgan fingerprint density at radius 1 is 1.18 bits per heavy atom. The van der Waals surface area contributed by atoms with Gasteiger partial charge in [-0.05, 0) is 31.4 Å². The number of nitrogens with zero attached hydrogens (tertiary/aromatic N) is 1. The molecule has 1 amide bonds. The summed E-state index contributed by atoms with van der Waals surface area (Å²) in [6, 6.07) is 3.15. The Kier molecular flexibility index (Phi) is 3.60. The minimum atomic E-state index is -3.38. The molecule has 0 saturated carbocycles. The van der Waals surface area contributed by atoms with E-state index < -0.39 is 15.4 Å². The van der Waals surface area contributed by atoms with Crippen molar-refractivity contribution < 1.29 is 17.9 Å². The lowest BCUT2D eigenvalue weighted by atomic mass is 9.85. The zero-order valence-corrected chi connectivity index (χ0v) is 15.0. The summed E-state index contributed by atoms with van der Waals surface area (Å²) >= 11 is 0. The first-order chi connectivity index (χ1) is 9.75. The van der Waals surface area contributed by atoms with E-state index in [1.165, 1.54) is 11.0 Å². The molecule has 0 spiro atoms. The number of ether oxygens (including phenoxy) is 1. The van der Waals surface area contributed by atoms with Crippen LogP contribution >= 0.6 is 0 Å². The monoisotopic (exact) mass is 325 g/mol. The normalized spacial score (nSPS) is 18.0. The number of carbonyl (C=O) groups excluding carboxylic acids is 1. The Bertz CT molecular complexity index is 742. The maximum absolute atomic E-state index is 12.4. The Hall–Kier alpha value is -1.56. The van der Waals surface area contributed by atoms with E-state index >= 15 is 0 Å². The number of carbonyl (C=O) groups is 1. The quantitative estimate of drug-likeness (QED) is 0.796. The van der Waals surface area contributed by atoms with Crippen LogP contribution in [-0.2, 0) is 20.0 Å². The van der Waals surface area contributed by atoms with Gasteiger partial charge in [0.25, 0.3) is 5.91 Å². The Morgan fingerprint density at radius 3 is 2.18 bits per heavy atom. The van der Waals surface area contributed by atoms with Crippen LogP contribution in [-0.4, -0.2) is 33.2 Å². The number of amides is 1. The van der Waals surface area contributed by atoms with E-state index in [9.17, 15) is 13.2 Å². The third kappa shape index (κ3) is 2.72. The Morgan fingerprint density at radius 2 is 1.73 bits per heavy atom. The first kappa shape index (κ1) is 16.8. The molecule has 6 heteroatoms. The molecule has 0 bridgehead atoms. The van der Waals surface area contributed by atoms with Gasteiger partial charge in [-0.15, -0.1) is 0 Å². The van der Waals surface area contributed by atoms with Crippen molar-refractivity contribution in [1.29, 1.82) is 0 Å². The summed E-state index contributed by atoms with van der Waals surface area (Å²) in [4.78, 5) is 14.1. The van der Waals surface area contributed by atoms with Crippen molar-refractivity contribution in [2.45, 2.75) is 50.5 Å². The van der Waals surface area contributed by atoms with E-state index in [1.54, 1.807) is 27.0 Å². The van der Waals surface area contributed by atoms with E-state index in [-0.39, 0.29) is 16.2 Å². The second-order valence-electron chi connectivity index (χ2n) is 7.32. The largest absolute Gasteiger partial charge is 0.476 e. The fraction of sp³-hybridized carbons (Fsp3) is 0.562. The first-order valence-electron chi connectivity index (χ1n) is 7.11. The molecule has 0 N–H and O–H groups in total. The number of rotatable bonds is 1. The van der Waals surface area contributed by atoms with Gasteiger partial charge in [0.15, 0.2) is 15.4 Å². The molecule has 0 unspecified atom stereocenters. The van der Waals surface area contributed by atoms with Gasteiger partial charge in [-0.25, -0.2) is 8.42 Å². The predicted molar refractivity (Wildman–Crippen MR) is 86.4 cm³/mol. The molecule has 2 rings (SSSR count). The minimum absolute atomic E-state index is 0.194. The van der Waals surface area contributed by atoms with Crippen molar-refractivity contribution in [3.63, 3.8) is 0 Å². The predicted octanol–water partition coefficient (Wildman–Crippen LogP) is 2.52. The third-order valence-corrected chi connectivity index (χ3v) is 4.91. The van der Waals surface area contributed by atoms with Crippen LogP contribution in [0.25, 0.3) is 0 Å². The summed E-state index contributed by atoms with van der Waals surface area (Å²) in [5, 5.41) is 0. The van der Waals surface area contributed by atoms with Crippen molar-refractivity contribution in [2.75, 3.05) is 18.2 Å². The molecule has 22 heavy (non-hydrogen) atoms. The lowest BCUT2D eigenvalue weighted by molar-refractivity contribution is -0.132. The maximum Gasteiger partial charge on any atom is 0.270 e. The van der Waals surface area contributed by atoms with Gasteiger partial charge in [-0.3, -0.25) is 4.79 Å². The third-order valence-electron chi connectivity index (χ3n) is 3.82. The number of fused-ring (bicyclic) bond motifs is 1. The topological polar surface area (TPSA) is 63.7 Å². The van der Waals surface area contributed by atoms with Gasteiger partial charge in [0.1, 0.15) is 5.75 Å². The molecule has 0 fully saturated rings. The second-order valence-corrected chi connectivity index (χ2v) is 9.33. The number of hydrogen-bond donors (Lipinski definition) is 0. The average Bonchev–Trinajstić information content (AvgIpc) is 2.32. The molecule has 0 radical (unpaired) electrons. The van der Waals surface area contributed by atoms with Crippen LogP contribution in [0.2, 0.25) is 0 Å². The van der Waals surface area contributed by atoms with Crippen LogP contribution in [0.4, 0.5) is 5.69 Å². The van der Waals surface area contributed by atoms with Gasteiger partial charge in [-0.2, -0.15) is 0 Å². The Balaban J connectivity index is 2.85. The van der Waals surface area contributed by atoms with Crippen LogP contribution in [0.5, 0.6) is 5.75 Å². The standard InChI is InChI=1S/C16H23NO4S/c1-15(2,3)11-8-10(22(7,19)20)9-12-13(11)21-16(4,5)14(18)17(12)6/h8-9H,1-7H3. The van der Waals surface area contributed by atoms with Gasteiger partial charge < -0.3 is 9.64 Å². The molecule has 0 aromatic heterocycles. The number of hydrogen-bond acceptors (Lipinski definition) is 4. The van der Waals surface area contributed by atoms with Gasteiger partial charge in [-0.1, -0.05) is 20.8 Å². The molecule has 1 aromatic carbocycles. The average molecular weight is 325 g/mol. The highest BCUT2D eigenvalue weighted by Gasteiger charge is 2.42. The molecule has 122 valence electrons. The number of anilines is 1. The summed E-state index contributed by atoms with van der Waals surface area (Å²) in [6.07, 6.45) is 1.16.